The summed E-state index contributed by atoms with van der Waals surface area (Å²) in [5.74, 6) is 1.87. The first kappa shape index (κ1) is 13.0. The third-order valence-corrected chi connectivity index (χ3v) is 2.98. The van der Waals surface area contributed by atoms with E-state index in [1.165, 1.54) is 50.3 Å². The van der Waals surface area contributed by atoms with Crippen LogP contribution in [0.25, 0.3) is 0 Å². The molecule has 0 amide bonds. The van der Waals surface area contributed by atoms with Crippen LogP contribution in [0, 0.1) is 5.92 Å². The first-order valence-corrected chi connectivity index (χ1v) is 6.45. The van der Waals surface area contributed by atoms with Gasteiger partial charge in [-0.15, -0.1) is 0 Å². The van der Waals surface area contributed by atoms with Crippen molar-refractivity contribution in [2.24, 2.45) is 5.92 Å². The summed E-state index contributed by atoms with van der Waals surface area (Å²) in [6, 6.07) is 0. The monoisotopic (exact) mass is 202 g/mol. The van der Waals surface area contributed by atoms with Crippen LogP contribution in [0.4, 0.5) is 0 Å². The lowest BCUT2D eigenvalue weighted by atomic mass is 9.95. The number of carbonyl (C=O) groups excluding carboxylic acids is 1. The lowest BCUT2D eigenvalue weighted by Gasteiger charge is -2.14. The molecule has 0 N–H and O–H groups in total. The third-order valence-electron chi connectivity index (χ3n) is 2.37. The molecule has 0 aliphatic rings. The molecule has 0 saturated heterocycles. The van der Waals surface area contributed by atoms with E-state index < -0.39 is 0 Å². The molecule has 0 saturated carbocycles. The maximum Gasteiger partial charge on any atom is 0.176 e. The molecule has 2 heteroatoms. The Morgan fingerprint density at radius 3 is 2.46 bits per heavy atom. The molecular weight excluding hydrogens is 180 g/mol. The Bertz CT molecular complexity index is 115. The highest BCUT2D eigenvalue weighted by molar-refractivity contribution is 8.11. The predicted octanol–water partition coefficient (Wildman–Crippen LogP) is 3.91. The van der Waals surface area contributed by atoms with E-state index in [0.717, 1.165) is 17.3 Å². The van der Waals surface area contributed by atoms with Gasteiger partial charge in [0.15, 0.2) is 5.62 Å². The number of carbonyl (C=O) groups is 1. The molecule has 0 aromatic carbocycles. The molecule has 1 nitrogen and oxygen atoms in total. The molecule has 0 radical (unpaired) electrons. The lowest BCUT2D eigenvalue weighted by Crippen LogP contribution is -2.01. The summed E-state index contributed by atoms with van der Waals surface area (Å²) >= 11 is 1.42. The van der Waals surface area contributed by atoms with E-state index in [0.29, 0.717) is 0 Å². The van der Waals surface area contributed by atoms with Gasteiger partial charge in [-0.05, 0) is 12.3 Å². The van der Waals surface area contributed by atoms with Crippen LogP contribution in [-0.4, -0.2) is 11.4 Å². The smallest absolute Gasteiger partial charge is 0.176 e. The van der Waals surface area contributed by atoms with Crippen molar-refractivity contribution in [3.63, 3.8) is 0 Å². The lowest BCUT2D eigenvalue weighted by molar-refractivity contribution is 0.420. The zero-order chi connectivity index (χ0) is 9.94. The fourth-order valence-electron chi connectivity index (χ4n) is 1.62. The van der Waals surface area contributed by atoms with E-state index in [2.05, 4.69) is 13.8 Å². The van der Waals surface area contributed by atoms with Gasteiger partial charge in [0.05, 0.1) is 0 Å². The quantitative estimate of drug-likeness (QED) is 0.416. The predicted molar refractivity (Wildman–Crippen MR) is 61.7 cm³/mol. The number of rotatable bonds is 9. The molecule has 0 bridgehead atoms. The largest absolute Gasteiger partial charge is 0.291 e. The van der Waals surface area contributed by atoms with Crippen LogP contribution in [0.1, 0.15) is 52.4 Å². The molecule has 0 aliphatic carbocycles. The summed E-state index contributed by atoms with van der Waals surface area (Å²) in [5, 5.41) is 0. The molecule has 0 aromatic rings. The van der Waals surface area contributed by atoms with Crippen LogP contribution in [0.15, 0.2) is 0 Å². The fraction of sp³-hybridized carbons (Fsp3) is 0.909. The number of hydrogen-bond acceptors (Lipinski definition) is 2. The summed E-state index contributed by atoms with van der Waals surface area (Å²) < 4.78 is 0. The topological polar surface area (TPSA) is 17.1 Å². The molecule has 1 unspecified atom stereocenters. The standard InChI is InChI=1S/C11H22OS/c1-3-5-7-11(6-4-2)8-9-13-10-12/h10-11H,3-9H2,1-2H3. The summed E-state index contributed by atoms with van der Waals surface area (Å²) in [6.07, 6.45) is 7.82. The normalized spacial score (nSPS) is 12.8. The van der Waals surface area contributed by atoms with Crippen LogP contribution < -0.4 is 0 Å². The highest BCUT2D eigenvalue weighted by Gasteiger charge is 2.06. The highest BCUT2D eigenvalue weighted by atomic mass is 32.2. The van der Waals surface area contributed by atoms with Gasteiger partial charge in [-0.3, -0.25) is 4.79 Å². The van der Waals surface area contributed by atoms with E-state index in [1.807, 2.05) is 0 Å². The van der Waals surface area contributed by atoms with Gasteiger partial charge in [0.1, 0.15) is 0 Å². The van der Waals surface area contributed by atoms with Gasteiger partial charge < -0.3 is 0 Å². The van der Waals surface area contributed by atoms with Gasteiger partial charge in [0, 0.05) is 5.75 Å². The molecule has 0 heterocycles. The Labute approximate surface area is 86.7 Å². The Balaban J connectivity index is 3.46. The maximum atomic E-state index is 10.1. The first-order valence-electron chi connectivity index (χ1n) is 5.40. The third kappa shape index (κ3) is 8.35. The van der Waals surface area contributed by atoms with E-state index >= 15 is 0 Å². The van der Waals surface area contributed by atoms with E-state index in [1.54, 1.807) is 0 Å². The molecule has 0 aromatic heterocycles. The van der Waals surface area contributed by atoms with Crippen molar-refractivity contribution in [3.05, 3.63) is 0 Å². The van der Waals surface area contributed by atoms with Crippen molar-refractivity contribution in [2.75, 3.05) is 5.75 Å². The highest BCUT2D eigenvalue weighted by Crippen LogP contribution is 2.20. The van der Waals surface area contributed by atoms with Crippen molar-refractivity contribution in [1.82, 2.24) is 0 Å². The average Bonchev–Trinajstić information content (AvgIpc) is 2.14. The molecule has 0 spiro atoms. The minimum absolute atomic E-state index is 0.859. The van der Waals surface area contributed by atoms with Crippen molar-refractivity contribution in [2.45, 2.75) is 52.4 Å². The van der Waals surface area contributed by atoms with Gasteiger partial charge >= 0.3 is 0 Å². The van der Waals surface area contributed by atoms with Crippen LogP contribution >= 0.6 is 11.8 Å². The zero-order valence-corrected chi connectivity index (χ0v) is 9.74. The summed E-state index contributed by atoms with van der Waals surface area (Å²) in [6.45, 7) is 4.48. The average molecular weight is 202 g/mol. The van der Waals surface area contributed by atoms with Crippen molar-refractivity contribution in [3.8, 4) is 0 Å². The molecule has 0 fully saturated rings. The van der Waals surface area contributed by atoms with Gasteiger partial charge in [0.25, 0.3) is 0 Å². The van der Waals surface area contributed by atoms with Crippen LogP contribution in [0.5, 0.6) is 0 Å². The van der Waals surface area contributed by atoms with Crippen LogP contribution in [0.2, 0.25) is 0 Å². The van der Waals surface area contributed by atoms with Gasteiger partial charge in [-0.25, -0.2) is 0 Å². The van der Waals surface area contributed by atoms with Crippen LogP contribution in [0.3, 0.4) is 0 Å². The molecule has 13 heavy (non-hydrogen) atoms. The maximum absolute atomic E-state index is 10.1. The Morgan fingerprint density at radius 1 is 1.15 bits per heavy atom. The summed E-state index contributed by atoms with van der Waals surface area (Å²) in [5.41, 5.74) is 0.961. The minimum atomic E-state index is 0.859. The Morgan fingerprint density at radius 2 is 1.92 bits per heavy atom. The SMILES string of the molecule is CCCCC(CCC)CCSC=O. The number of unbranched alkanes of at least 4 members (excludes halogenated alkanes) is 1. The number of thioether (sulfide) groups is 1. The molecule has 78 valence electrons. The molecule has 1 atom stereocenters. The Kier molecular flexibility index (Phi) is 10.1. The van der Waals surface area contributed by atoms with E-state index in [-0.39, 0.29) is 0 Å². The van der Waals surface area contributed by atoms with Gasteiger partial charge in [-0.1, -0.05) is 57.7 Å². The molecule has 0 aliphatic heterocycles. The van der Waals surface area contributed by atoms with Gasteiger partial charge in [0.2, 0.25) is 0 Å². The number of hydrogen-bond donors (Lipinski definition) is 0. The minimum Gasteiger partial charge on any atom is -0.291 e. The second-order valence-corrected chi connectivity index (χ2v) is 4.49. The van der Waals surface area contributed by atoms with Crippen LogP contribution in [-0.2, 0) is 4.79 Å². The first-order chi connectivity index (χ1) is 6.35. The second kappa shape index (κ2) is 10.1. The summed E-state index contributed by atoms with van der Waals surface area (Å²) in [4.78, 5) is 10.1. The van der Waals surface area contributed by atoms with Crippen molar-refractivity contribution in [1.29, 1.82) is 0 Å². The fourth-order valence-corrected chi connectivity index (χ4v) is 2.18. The molecule has 0 rings (SSSR count). The Hall–Kier alpha value is 0.0200. The van der Waals surface area contributed by atoms with E-state index in [4.69, 9.17) is 0 Å². The van der Waals surface area contributed by atoms with Crippen molar-refractivity contribution < 1.29 is 4.79 Å². The second-order valence-electron chi connectivity index (χ2n) is 3.55. The summed E-state index contributed by atoms with van der Waals surface area (Å²) in [7, 11) is 0. The molecular formula is C11H22OS. The van der Waals surface area contributed by atoms with E-state index in [9.17, 15) is 4.79 Å². The van der Waals surface area contributed by atoms with Crippen molar-refractivity contribution >= 4 is 17.4 Å². The van der Waals surface area contributed by atoms with Gasteiger partial charge in [-0.2, -0.15) is 0 Å². The zero-order valence-electron chi connectivity index (χ0n) is 8.92.